The van der Waals surface area contributed by atoms with E-state index >= 15 is 0 Å². The number of fused-ring (bicyclic) bond motifs is 3. The summed E-state index contributed by atoms with van der Waals surface area (Å²) in [5, 5.41) is 72.2. The summed E-state index contributed by atoms with van der Waals surface area (Å²) in [5.74, 6) is -5.93. The number of benzene rings is 3. The molecule has 3 unspecified atom stereocenters. The molecule has 31 nitrogen and oxygen atoms in total. The molecule has 7 N–H and O–H groups in total. The molecule has 12 rings (SSSR count). The van der Waals surface area contributed by atoms with Gasteiger partial charge < -0.3 is 75.5 Å². The van der Waals surface area contributed by atoms with Gasteiger partial charge in [-0.25, -0.2) is 14.6 Å². The predicted octanol–water partition coefficient (Wildman–Crippen LogP) is 8.32. The maximum absolute atomic E-state index is 13.6. The maximum Gasteiger partial charge on any atom is 0.329 e. The van der Waals surface area contributed by atoms with Crippen LogP contribution >= 0.6 is 39.1 Å². The largest absolute Gasteiger partial charge is 0.481 e. The number of methoxy groups -OCH3 is 6. The molecule has 0 saturated carbocycles. The smallest absolute Gasteiger partial charge is 0.329 e. The third-order valence-electron chi connectivity index (χ3n) is 16.2. The van der Waals surface area contributed by atoms with Crippen LogP contribution in [0.15, 0.2) is 96.6 Å². The van der Waals surface area contributed by atoms with Gasteiger partial charge in [0.1, 0.15) is 15.3 Å². The van der Waals surface area contributed by atoms with Crippen LogP contribution in [0.3, 0.4) is 0 Å². The first-order chi connectivity index (χ1) is 49.5. The summed E-state index contributed by atoms with van der Waals surface area (Å²) in [7, 11) is 8.72. The molecule has 0 aliphatic carbocycles. The van der Waals surface area contributed by atoms with Gasteiger partial charge in [-0.1, -0.05) is 41.4 Å². The van der Waals surface area contributed by atoms with E-state index in [0.29, 0.717) is 49.3 Å². The second kappa shape index (κ2) is 34.0. The Morgan fingerprint density at radius 3 is 1.48 bits per heavy atom. The second-order valence-corrected chi connectivity index (χ2v) is 27.3. The van der Waals surface area contributed by atoms with Gasteiger partial charge in [0.15, 0.2) is 5.15 Å². The monoisotopic (exact) mass is 1660 g/mol. The summed E-state index contributed by atoms with van der Waals surface area (Å²) >= 11 is 14.8. The van der Waals surface area contributed by atoms with Gasteiger partial charge >= 0.3 is 29.4 Å². The Bertz CT molecular complexity index is 5310. The van der Waals surface area contributed by atoms with Crippen LogP contribution in [0.2, 0.25) is 10.3 Å². The third kappa shape index (κ3) is 18.1. The van der Waals surface area contributed by atoms with Crippen molar-refractivity contribution in [1.29, 1.82) is 15.8 Å². The fourth-order valence-corrected chi connectivity index (χ4v) is 12.9. The first kappa shape index (κ1) is 87.4. The van der Waals surface area contributed by atoms with E-state index in [2.05, 4.69) is 71.8 Å². The molecule has 9 aromatic rings. The number of aromatic nitrogens is 11. The second-order valence-electron chi connectivity index (χ2n) is 25.8. The maximum atomic E-state index is 13.6. The van der Waals surface area contributed by atoms with E-state index in [1.807, 2.05) is 19.1 Å². The number of nitrogens with one attached hydrogen (secondary N) is 3. The molecule has 9 heterocycles. The molecule has 3 atom stereocenters. The molecule has 36 heteroatoms. The molecule has 3 aliphatic rings. The van der Waals surface area contributed by atoms with E-state index in [4.69, 9.17) is 71.1 Å². The molecule has 0 fully saturated rings. The molecule has 6 aromatic heterocycles. The molecule has 0 saturated heterocycles. The van der Waals surface area contributed by atoms with Gasteiger partial charge in [0.05, 0.1) is 140 Å². The van der Waals surface area contributed by atoms with Crippen LogP contribution in [0.4, 0.5) is 4.39 Å². The van der Waals surface area contributed by atoms with Crippen molar-refractivity contribution in [2.45, 2.75) is 122 Å². The number of aliphatic hydroxyl groups is 4. The van der Waals surface area contributed by atoms with Crippen molar-refractivity contribution in [3.63, 3.8) is 0 Å². The average molecular weight is 1670 g/mol. The summed E-state index contributed by atoms with van der Waals surface area (Å²) < 4.78 is 63.0. The first-order valence-electron chi connectivity index (χ1n) is 31.5. The number of nitrogens with zero attached hydrogens (tertiary/aromatic N) is 11. The summed E-state index contributed by atoms with van der Waals surface area (Å²) in [5.41, 5.74) is -1.37. The molecule has 567 valence electrons. The zero-order chi connectivity index (χ0) is 78.7. The minimum atomic E-state index is -2.19. The zero-order valence-electron chi connectivity index (χ0n) is 61.7. The fraction of sp³-hybridized carbons (Fsp3) is 0.347. The Morgan fingerprint density at radius 1 is 0.574 bits per heavy atom. The zero-order valence-corrected chi connectivity index (χ0v) is 67.7. The molecule has 3 aromatic carbocycles. The summed E-state index contributed by atoms with van der Waals surface area (Å²) in [6.07, 6.45) is 1.26. The van der Waals surface area contributed by atoms with E-state index in [9.17, 15) is 54.5 Å². The number of ether oxygens (including phenoxy) is 9. The quantitative estimate of drug-likeness (QED) is 0.0343. The van der Waals surface area contributed by atoms with E-state index in [1.54, 1.807) is 112 Å². The van der Waals surface area contributed by atoms with Gasteiger partial charge in [-0.15, -0.1) is 0 Å². The Kier molecular flexibility index (Phi) is 27.5. The van der Waals surface area contributed by atoms with Crippen LogP contribution in [0.25, 0.3) is 0 Å². The van der Waals surface area contributed by atoms with Crippen molar-refractivity contribution in [3.05, 3.63) is 238 Å². The number of rotatable bonds is 12. The number of hydrogen-bond acceptors (Lipinski definition) is 27. The Morgan fingerprint density at radius 2 is 1.00 bits per heavy atom. The number of hydrogen-bond donors (Lipinski definition) is 7. The normalized spacial score (nSPS) is 17.5. The number of H-pyrrole nitrogens is 3. The molecule has 0 bridgehead atoms. The van der Waals surface area contributed by atoms with Gasteiger partial charge in [-0.2, -0.15) is 50.1 Å². The van der Waals surface area contributed by atoms with Crippen molar-refractivity contribution in [2.75, 3.05) is 42.7 Å². The van der Waals surface area contributed by atoms with Crippen LogP contribution in [-0.2, 0) is 93.2 Å². The van der Waals surface area contributed by atoms with Crippen LogP contribution in [0.1, 0.15) is 150 Å². The molecule has 0 spiro atoms. The van der Waals surface area contributed by atoms with Crippen molar-refractivity contribution in [1.82, 2.24) is 54.4 Å². The molecule has 1 radical (unpaired) electrons. The number of aromatic amines is 3. The first-order valence-corrected chi connectivity index (χ1v) is 33.0. The van der Waals surface area contributed by atoms with Gasteiger partial charge in [0.2, 0.25) is 40.9 Å². The van der Waals surface area contributed by atoms with Crippen LogP contribution in [0.5, 0.6) is 35.7 Å². The standard InChI is InChI=1S/C22H19FN4O4.C18H19N3O4.C16H15N3O4.C9H13ClN2O3.C6H6BrClN2O2.CH3.Y/c1-12-6-14(10-24)8-15(7-12)22(30)18-17(21(2,3)31-22)19(28)26-20(29)27(18)11-13-4-5-25-16(23)9-13;1-10-6-11(9-19)8-12(7-10)18(22)14-13(17(2,3)25-18)15(23-4)21-16(20-14)24-5;1-8-4-9(7-17)6-10(5-8)16(22)12-11(15(2,3)23-16)13(20)19-14(21)18-12;1-9(2,13)5-6(10)11-8(15-4)12-7(5)14-3;1-11-5-3(7)4(8)9-6(10-5)12-2;;/h4-9,30H,11H2,1-3H3,(H,26,28,29);6-8,22H,1-5H3;4-6,22H,1-3H3,(H2,18,19,20,21);13H,1-4H3;1-2H3;1H3;/q;;;;;-1;. The van der Waals surface area contributed by atoms with Crippen molar-refractivity contribution < 1.29 is 100 Å². The predicted molar refractivity (Wildman–Crippen MR) is 386 cm³/mol. The van der Waals surface area contributed by atoms with E-state index < -0.39 is 68.2 Å². The molecule has 0 amide bonds. The Labute approximate surface area is 661 Å². The summed E-state index contributed by atoms with van der Waals surface area (Å²) in [6.45, 7) is 18.4. The number of pyridine rings is 1. The van der Waals surface area contributed by atoms with Crippen molar-refractivity contribution in [3.8, 4) is 53.9 Å². The van der Waals surface area contributed by atoms with Gasteiger partial charge in [-0.3, -0.25) is 24.1 Å². The van der Waals surface area contributed by atoms with E-state index in [1.165, 1.54) is 67.1 Å². The van der Waals surface area contributed by atoms with E-state index in [0.717, 1.165) is 21.8 Å². The van der Waals surface area contributed by atoms with Crippen molar-refractivity contribution >= 4 is 39.1 Å². The topological polar surface area (TPSA) is 446 Å². The summed E-state index contributed by atoms with van der Waals surface area (Å²) in [6, 6.07) is 23.7. The molecular weight excluding hydrogens is 1590 g/mol. The average Bonchev–Trinajstić information content (AvgIpc) is 1.56. The minimum Gasteiger partial charge on any atom is -0.481 e. The van der Waals surface area contributed by atoms with Gasteiger partial charge in [-0.05, 0) is 163 Å². The van der Waals surface area contributed by atoms with Gasteiger partial charge in [0, 0.05) is 55.6 Å². The third-order valence-corrected chi connectivity index (χ3v) is 17.7. The number of halogens is 4. The van der Waals surface area contributed by atoms with Crippen LogP contribution < -0.4 is 50.9 Å². The van der Waals surface area contributed by atoms with E-state index in [-0.39, 0.29) is 132 Å². The van der Waals surface area contributed by atoms with Gasteiger partial charge in [0.25, 0.3) is 11.1 Å². The Hall–Kier alpha value is -9.51. The molecule has 108 heavy (non-hydrogen) atoms. The van der Waals surface area contributed by atoms with Crippen LogP contribution in [0, 0.1) is 68.1 Å². The molecule has 3 aliphatic heterocycles. The molecular formula is C72H75BrCl2FN14O17Y-. The summed E-state index contributed by atoms with van der Waals surface area (Å²) in [4.78, 5) is 83.6. The SMILES string of the molecule is COc1nc(Cl)c(Br)c(OC)n1.COc1nc(Cl)c(C(C)(C)O)c(OC)n1.COc1nc(OC)c2c(n1)C(O)(c1cc(C)cc(C#N)c1)OC2(C)C.Cc1cc(C#N)cc(C2(O)OC(C)(C)c3c2[nH]c(=O)[nH]c3=O)c1.Cc1cc(C#N)cc(C2(O)OC(C)(C)c3c2n(Cc2ccnc(F)c2)c(=O)[nH]c3=O)c1.[CH3-].[Y]. The Balaban J connectivity index is 0.000000217. The van der Waals surface area contributed by atoms with Crippen LogP contribution in [-0.4, -0.2) is 117 Å². The number of nitriles is 3. The number of aryl methyl sites for hydroxylation is 3. The van der Waals surface area contributed by atoms with Crippen molar-refractivity contribution in [2.24, 2.45) is 0 Å². The fourth-order valence-electron chi connectivity index (χ4n) is 12.0. The minimum absolute atomic E-state index is 0.